The van der Waals surface area contributed by atoms with Gasteiger partial charge in [-0.05, 0) is 36.9 Å². The molecule has 3 amide bonds. The van der Waals surface area contributed by atoms with E-state index in [1.165, 1.54) is 16.2 Å². The van der Waals surface area contributed by atoms with Gasteiger partial charge in [0, 0.05) is 18.5 Å². The van der Waals surface area contributed by atoms with Gasteiger partial charge in [0.2, 0.25) is 17.8 Å². The molecule has 2 atom stereocenters. The highest BCUT2D eigenvalue weighted by atomic mass is 32.1. The molecule has 0 spiro atoms. The third kappa shape index (κ3) is 4.88. The largest absolute Gasteiger partial charge is 0.475 e. The number of fused-ring (bicyclic) bond motifs is 1. The summed E-state index contributed by atoms with van der Waals surface area (Å²) in [5, 5.41) is 13.2. The van der Waals surface area contributed by atoms with Gasteiger partial charge < -0.3 is 15.6 Å². The van der Waals surface area contributed by atoms with Crippen molar-refractivity contribution in [3.63, 3.8) is 0 Å². The molecule has 3 heterocycles. The molecule has 0 radical (unpaired) electrons. The van der Waals surface area contributed by atoms with Gasteiger partial charge in [-0.1, -0.05) is 18.2 Å². The molecule has 1 aliphatic rings. The topological polar surface area (TPSA) is 143 Å². The Balaban J connectivity index is 1.60. The maximum absolute atomic E-state index is 13.3. The lowest BCUT2D eigenvalue weighted by molar-refractivity contribution is -0.122. The van der Waals surface area contributed by atoms with E-state index < -0.39 is 24.1 Å². The first-order chi connectivity index (χ1) is 16.8. The number of rotatable bonds is 9. The Labute approximate surface area is 208 Å². The van der Waals surface area contributed by atoms with Crippen molar-refractivity contribution >= 4 is 51.5 Å². The van der Waals surface area contributed by atoms with E-state index in [4.69, 9.17) is 10.5 Å². The highest BCUT2D eigenvalue weighted by Gasteiger charge is 2.36. The maximum Gasteiger partial charge on any atom is 0.407 e. The Hall–Kier alpha value is -3.77. The van der Waals surface area contributed by atoms with Crippen molar-refractivity contribution in [3.8, 4) is 5.75 Å². The molecule has 0 aliphatic carbocycles. The second kappa shape index (κ2) is 10.2. The second-order valence-electron chi connectivity index (χ2n) is 7.62. The quantitative estimate of drug-likeness (QED) is 0.445. The zero-order valence-corrected chi connectivity index (χ0v) is 20.3. The van der Waals surface area contributed by atoms with E-state index >= 15 is 0 Å². The van der Waals surface area contributed by atoms with Crippen LogP contribution in [0.15, 0.2) is 47.2 Å². The van der Waals surface area contributed by atoms with Gasteiger partial charge in [0.25, 0.3) is 5.91 Å². The van der Waals surface area contributed by atoms with Crippen LogP contribution in [-0.2, 0) is 4.79 Å². The number of ether oxygens (including phenoxy) is 1. The van der Waals surface area contributed by atoms with Crippen molar-refractivity contribution in [1.82, 2.24) is 9.88 Å². The normalized spacial score (nSPS) is 15.2. The Morgan fingerprint density at radius 3 is 2.60 bits per heavy atom. The molecule has 4 rings (SSSR count). The molecule has 0 saturated heterocycles. The molecular formula is C23H22N4O6S2. The summed E-state index contributed by atoms with van der Waals surface area (Å²) < 4.78 is 5.79. The summed E-state index contributed by atoms with van der Waals surface area (Å²) in [4.78, 5) is 57.0. The van der Waals surface area contributed by atoms with Gasteiger partial charge in [0.15, 0.2) is 5.13 Å². The molecule has 1 aromatic carbocycles. The van der Waals surface area contributed by atoms with Crippen LogP contribution in [0.3, 0.4) is 0 Å². The molecule has 3 aromatic rings. The summed E-state index contributed by atoms with van der Waals surface area (Å²) >= 11 is 2.40. The third-order valence-corrected chi connectivity index (χ3v) is 7.28. The van der Waals surface area contributed by atoms with Crippen LogP contribution in [0.2, 0.25) is 0 Å². The number of nitrogens with zero attached hydrogens (tertiary/aromatic N) is 3. The number of primary amides is 1. The second-order valence-corrected chi connectivity index (χ2v) is 9.41. The van der Waals surface area contributed by atoms with E-state index in [-0.39, 0.29) is 31.2 Å². The minimum atomic E-state index is -1.28. The summed E-state index contributed by atoms with van der Waals surface area (Å²) in [7, 11) is 0. The molecule has 0 saturated carbocycles. The van der Waals surface area contributed by atoms with Crippen molar-refractivity contribution in [2.45, 2.75) is 25.5 Å². The number of hydrogen-bond acceptors (Lipinski definition) is 8. The standard InChI is InChI=1S/C23H22N4O6S2/c1-2-26(23(31)32)15(20(24)29)9-10-27(21(30)17-8-5-11-34-17)22-25-14(12-35-22)19-18(28)13-6-3-4-7-16(13)33-19/h3-8,11-12,15,19H,2,9-10H2,1H3,(H2,24,29)(H,31,32). The van der Waals surface area contributed by atoms with Crippen LogP contribution in [0.4, 0.5) is 9.93 Å². The van der Waals surface area contributed by atoms with Crippen molar-refractivity contribution in [3.05, 3.63) is 63.3 Å². The Kier molecular flexibility index (Phi) is 7.12. The number of nitrogens with two attached hydrogens (primary N) is 1. The number of likely N-dealkylation sites (N-methyl/N-ethyl adjacent to an activating group) is 1. The van der Waals surface area contributed by atoms with Crippen LogP contribution in [0.5, 0.6) is 5.75 Å². The first-order valence-corrected chi connectivity index (χ1v) is 12.5. The summed E-state index contributed by atoms with van der Waals surface area (Å²) in [5.41, 5.74) is 6.31. The van der Waals surface area contributed by atoms with Gasteiger partial charge >= 0.3 is 6.09 Å². The minimum Gasteiger partial charge on any atom is -0.475 e. The van der Waals surface area contributed by atoms with Crippen LogP contribution in [0.1, 0.15) is 45.2 Å². The molecule has 12 heteroatoms. The van der Waals surface area contributed by atoms with Gasteiger partial charge in [-0.2, -0.15) is 0 Å². The van der Waals surface area contributed by atoms with E-state index in [0.29, 0.717) is 27.0 Å². The fraction of sp³-hybridized carbons (Fsp3) is 0.261. The Bertz CT molecular complexity index is 1260. The number of hydrogen-bond donors (Lipinski definition) is 2. The number of carbonyl (C=O) groups is 4. The van der Waals surface area contributed by atoms with Crippen LogP contribution >= 0.6 is 22.7 Å². The van der Waals surface area contributed by atoms with Crippen LogP contribution in [0.25, 0.3) is 0 Å². The average Bonchev–Trinajstić information content (AvgIpc) is 3.59. The van der Waals surface area contributed by atoms with E-state index in [9.17, 15) is 24.3 Å². The van der Waals surface area contributed by atoms with Crippen molar-refractivity contribution in [1.29, 1.82) is 0 Å². The van der Waals surface area contributed by atoms with Crippen LogP contribution in [-0.4, -0.2) is 57.8 Å². The predicted octanol–water partition coefficient (Wildman–Crippen LogP) is 3.41. The molecule has 0 bridgehead atoms. The highest BCUT2D eigenvalue weighted by Crippen LogP contribution is 2.38. The van der Waals surface area contributed by atoms with Gasteiger partial charge in [0.05, 0.1) is 10.4 Å². The van der Waals surface area contributed by atoms with E-state index in [0.717, 1.165) is 16.2 Å². The van der Waals surface area contributed by atoms with Gasteiger partial charge in [0.1, 0.15) is 17.5 Å². The fourth-order valence-corrected chi connectivity index (χ4v) is 5.35. The fourth-order valence-electron chi connectivity index (χ4n) is 3.82. The number of thiazole rings is 1. The summed E-state index contributed by atoms with van der Waals surface area (Å²) in [6.45, 7) is 1.65. The molecule has 182 valence electrons. The molecule has 2 aromatic heterocycles. The Morgan fingerprint density at radius 2 is 1.97 bits per heavy atom. The molecule has 35 heavy (non-hydrogen) atoms. The first-order valence-electron chi connectivity index (χ1n) is 10.7. The van der Waals surface area contributed by atoms with E-state index in [1.807, 2.05) is 0 Å². The van der Waals surface area contributed by atoms with E-state index in [1.54, 1.807) is 54.1 Å². The van der Waals surface area contributed by atoms with Gasteiger partial charge in [-0.3, -0.25) is 24.2 Å². The lowest BCUT2D eigenvalue weighted by Gasteiger charge is -2.28. The number of aromatic nitrogens is 1. The lowest BCUT2D eigenvalue weighted by Crippen LogP contribution is -2.49. The van der Waals surface area contributed by atoms with Crippen LogP contribution < -0.4 is 15.4 Å². The summed E-state index contributed by atoms with van der Waals surface area (Å²) in [5.74, 6) is -0.909. The number of Topliss-reactive ketones (excluding diaryl/α,β-unsaturated/α-hetero) is 1. The number of benzene rings is 1. The summed E-state index contributed by atoms with van der Waals surface area (Å²) in [6.07, 6.45) is -2.22. The smallest absolute Gasteiger partial charge is 0.407 e. The van der Waals surface area contributed by atoms with Crippen molar-refractivity contribution in [2.24, 2.45) is 5.73 Å². The average molecular weight is 515 g/mol. The molecule has 10 nitrogen and oxygen atoms in total. The maximum atomic E-state index is 13.3. The minimum absolute atomic E-state index is 0.0131. The number of thiophene rings is 1. The van der Waals surface area contributed by atoms with Crippen molar-refractivity contribution in [2.75, 3.05) is 18.0 Å². The molecular weight excluding hydrogens is 492 g/mol. The van der Waals surface area contributed by atoms with E-state index in [2.05, 4.69) is 4.98 Å². The van der Waals surface area contributed by atoms with Crippen LogP contribution in [0, 0.1) is 0 Å². The first kappa shape index (κ1) is 24.4. The molecule has 2 unspecified atom stereocenters. The summed E-state index contributed by atoms with van der Waals surface area (Å²) in [6, 6.07) is 9.19. The monoisotopic (exact) mass is 514 g/mol. The number of carbonyl (C=O) groups excluding carboxylic acids is 3. The third-order valence-electron chi connectivity index (χ3n) is 5.54. The number of amides is 3. The number of ketones is 1. The van der Waals surface area contributed by atoms with Crippen molar-refractivity contribution < 1.29 is 29.0 Å². The SMILES string of the molecule is CCN(C(=O)O)C(CCN(C(=O)c1cccs1)c1nc(C2Oc3ccccc3C2=O)cs1)C(N)=O. The zero-order chi connectivity index (χ0) is 25.1. The predicted molar refractivity (Wildman–Crippen MR) is 130 cm³/mol. The lowest BCUT2D eigenvalue weighted by atomic mass is 10.1. The highest BCUT2D eigenvalue weighted by molar-refractivity contribution is 7.14. The Morgan fingerprint density at radius 1 is 1.20 bits per heavy atom. The molecule has 0 fully saturated rings. The van der Waals surface area contributed by atoms with Gasteiger partial charge in [-0.25, -0.2) is 9.78 Å². The number of anilines is 1. The number of para-hydroxylation sites is 1. The molecule has 3 N–H and O–H groups in total. The van der Waals surface area contributed by atoms with Gasteiger partial charge in [-0.15, -0.1) is 22.7 Å². The number of carboxylic acid groups (broad SMARTS) is 1. The zero-order valence-electron chi connectivity index (χ0n) is 18.6. The molecule has 1 aliphatic heterocycles.